The number of fused-ring (bicyclic) bond motifs is 3. The van der Waals surface area contributed by atoms with Crippen molar-refractivity contribution in [3.05, 3.63) is 42.0 Å². The second-order valence-corrected chi connectivity index (χ2v) is 8.38. The Morgan fingerprint density at radius 3 is 2.48 bits per heavy atom. The lowest BCUT2D eigenvalue weighted by Gasteiger charge is -2.44. The Hall–Kier alpha value is -2.25. The van der Waals surface area contributed by atoms with Crippen molar-refractivity contribution in [2.24, 2.45) is 5.92 Å². The number of benzene rings is 1. The van der Waals surface area contributed by atoms with E-state index in [1.807, 2.05) is 36.4 Å². The lowest BCUT2D eigenvalue weighted by Crippen LogP contribution is -2.57. The Balaban J connectivity index is 1.35. The van der Waals surface area contributed by atoms with E-state index in [9.17, 15) is 9.59 Å². The highest BCUT2D eigenvalue weighted by Gasteiger charge is 2.34. The van der Waals surface area contributed by atoms with E-state index in [1.54, 1.807) is 11.8 Å². The van der Waals surface area contributed by atoms with Crippen LogP contribution in [0.4, 0.5) is 5.82 Å². The summed E-state index contributed by atoms with van der Waals surface area (Å²) in [4.78, 5) is 30.3. The molecular formula is C20H24N4O2S. The Morgan fingerprint density at radius 2 is 1.85 bits per heavy atom. The molecule has 0 radical (unpaired) electrons. The van der Waals surface area contributed by atoms with Crippen molar-refractivity contribution in [2.75, 3.05) is 25.0 Å². The molecule has 3 aliphatic heterocycles. The van der Waals surface area contributed by atoms with E-state index in [-0.39, 0.29) is 17.9 Å². The first-order valence-electron chi connectivity index (χ1n) is 9.34. The van der Waals surface area contributed by atoms with Crippen molar-refractivity contribution in [3.8, 4) is 0 Å². The zero-order valence-electron chi connectivity index (χ0n) is 15.3. The lowest BCUT2D eigenvalue weighted by atomic mass is 9.84. The SMILES string of the molecule is CC(=O)Nc1ccc(Sc2ccc(C(=O)NC3CN4CCC3CC4)cc2)[nH]1. The van der Waals surface area contributed by atoms with Gasteiger partial charge < -0.3 is 20.5 Å². The van der Waals surface area contributed by atoms with Crippen LogP contribution in [0.3, 0.4) is 0 Å². The monoisotopic (exact) mass is 384 g/mol. The molecule has 1 atom stereocenters. The molecular weight excluding hydrogens is 360 g/mol. The van der Waals surface area contributed by atoms with Gasteiger partial charge in [0.15, 0.2) is 0 Å². The number of carbonyl (C=O) groups is 2. The minimum absolute atomic E-state index is 0.0121. The highest BCUT2D eigenvalue weighted by molar-refractivity contribution is 7.99. The maximum atomic E-state index is 12.6. The molecule has 1 aromatic carbocycles. The summed E-state index contributed by atoms with van der Waals surface area (Å²) in [5.41, 5.74) is 0.696. The summed E-state index contributed by atoms with van der Waals surface area (Å²) in [7, 11) is 0. The van der Waals surface area contributed by atoms with E-state index in [4.69, 9.17) is 0 Å². The number of amides is 2. The summed E-state index contributed by atoms with van der Waals surface area (Å²) >= 11 is 1.56. The van der Waals surface area contributed by atoms with Gasteiger partial charge in [0.2, 0.25) is 5.91 Å². The van der Waals surface area contributed by atoms with Crippen LogP contribution in [-0.4, -0.2) is 47.4 Å². The Kier molecular flexibility index (Phi) is 5.22. The van der Waals surface area contributed by atoms with Crippen molar-refractivity contribution < 1.29 is 9.59 Å². The van der Waals surface area contributed by atoms with Crippen LogP contribution in [0.2, 0.25) is 0 Å². The fraction of sp³-hybridized carbons (Fsp3) is 0.400. The third-order valence-corrected chi connectivity index (χ3v) is 6.25. The van der Waals surface area contributed by atoms with Crippen molar-refractivity contribution in [1.82, 2.24) is 15.2 Å². The highest BCUT2D eigenvalue weighted by atomic mass is 32.2. The van der Waals surface area contributed by atoms with E-state index in [1.165, 1.54) is 32.9 Å². The molecule has 1 aromatic heterocycles. The number of H-pyrrole nitrogens is 1. The molecule has 3 aliphatic rings. The third-order valence-electron chi connectivity index (χ3n) is 5.29. The molecule has 3 fully saturated rings. The Labute approximate surface area is 163 Å². The summed E-state index contributed by atoms with van der Waals surface area (Å²) in [6.07, 6.45) is 2.38. The predicted octanol–water partition coefficient (Wildman–Crippen LogP) is 2.95. The normalized spacial score (nSPS) is 23.8. The molecule has 2 aromatic rings. The fourth-order valence-corrected chi connectivity index (χ4v) is 4.70. The Morgan fingerprint density at radius 1 is 1.11 bits per heavy atom. The van der Waals surface area contributed by atoms with Gasteiger partial charge in [0.05, 0.1) is 5.03 Å². The molecule has 4 heterocycles. The van der Waals surface area contributed by atoms with E-state index in [0.29, 0.717) is 17.3 Å². The number of nitrogens with one attached hydrogen (secondary N) is 3. The largest absolute Gasteiger partial charge is 0.348 e. The standard InChI is InChI=1S/C20H24N4O2S/c1-13(25)21-18-6-7-19(23-18)27-16-4-2-15(3-5-16)20(26)22-17-12-24-10-8-14(17)9-11-24/h2-7,14,17,23H,8-12H2,1H3,(H,21,25)(H,22,26). The van der Waals surface area contributed by atoms with E-state index in [0.717, 1.165) is 16.5 Å². The van der Waals surface area contributed by atoms with Crippen molar-refractivity contribution in [2.45, 2.75) is 35.7 Å². The second kappa shape index (κ2) is 7.78. The van der Waals surface area contributed by atoms with Gasteiger partial charge in [-0.15, -0.1) is 0 Å². The number of nitrogens with zero attached hydrogens (tertiary/aromatic N) is 1. The van der Waals surface area contributed by atoms with Gasteiger partial charge in [-0.1, -0.05) is 11.8 Å². The van der Waals surface area contributed by atoms with Gasteiger partial charge in [0.25, 0.3) is 5.91 Å². The molecule has 3 saturated heterocycles. The zero-order chi connectivity index (χ0) is 18.8. The van der Waals surface area contributed by atoms with Gasteiger partial charge in [0.1, 0.15) is 5.82 Å². The number of aromatic nitrogens is 1. The predicted molar refractivity (Wildman–Crippen MR) is 106 cm³/mol. The number of hydrogen-bond donors (Lipinski definition) is 3. The number of anilines is 1. The molecule has 5 rings (SSSR count). The molecule has 142 valence electrons. The molecule has 3 N–H and O–H groups in total. The maximum Gasteiger partial charge on any atom is 0.251 e. The molecule has 0 spiro atoms. The maximum absolute atomic E-state index is 12.6. The molecule has 0 saturated carbocycles. The van der Waals surface area contributed by atoms with Crippen LogP contribution in [0, 0.1) is 5.92 Å². The van der Waals surface area contributed by atoms with Crippen molar-refractivity contribution in [1.29, 1.82) is 0 Å². The third kappa shape index (κ3) is 4.36. The van der Waals surface area contributed by atoms with Crippen LogP contribution < -0.4 is 10.6 Å². The average Bonchev–Trinajstić information content (AvgIpc) is 3.09. The van der Waals surface area contributed by atoms with Crippen LogP contribution in [0.1, 0.15) is 30.1 Å². The van der Waals surface area contributed by atoms with Gasteiger partial charge in [-0.25, -0.2) is 0 Å². The van der Waals surface area contributed by atoms with Crippen LogP contribution in [0.5, 0.6) is 0 Å². The smallest absolute Gasteiger partial charge is 0.251 e. The van der Waals surface area contributed by atoms with Crippen molar-refractivity contribution >= 4 is 29.4 Å². The number of piperidine rings is 3. The Bertz CT molecular complexity index is 825. The van der Waals surface area contributed by atoms with E-state index in [2.05, 4.69) is 20.5 Å². The first-order chi connectivity index (χ1) is 13.1. The quantitative estimate of drug-likeness (QED) is 0.741. The molecule has 7 heteroatoms. The number of carbonyl (C=O) groups excluding carboxylic acids is 2. The molecule has 1 unspecified atom stereocenters. The van der Waals surface area contributed by atoms with Crippen LogP contribution in [0.15, 0.2) is 46.3 Å². The molecule has 2 bridgehead atoms. The molecule has 27 heavy (non-hydrogen) atoms. The van der Waals surface area contributed by atoms with Gasteiger partial charge >= 0.3 is 0 Å². The van der Waals surface area contributed by atoms with Gasteiger partial charge in [-0.2, -0.15) is 0 Å². The molecule has 6 nitrogen and oxygen atoms in total. The minimum atomic E-state index is -0.105. The minimum Gasteiger partial charge on any atom is -0.348 e. The zero-order valence-corrected chi connectivity index (χ0v) is 16.1. The lowest BCUT2D eigenvalue weighted by molar-refractivity contribution is -0.114. The van der Waals surface area contributed by atoms with Crippen LogP contribution in [0.25, 0.3) is 0 Å². The fourth-order valence-electron chi connectivity index (χ4n) is 3.88. The summed E-state index contributed by atoms with van der Waals surface area (Å²) in [6, 6.07) is 11.7. The average molecular weight is 385 g/mol. The summed E-state index contributed by atoms with van der Waals surface area (Å²) in [6.45, 7) is 4.80. The van der Waals surface area contributed by atoms with Crippen molar-refractivity contribution in [3.63, 3.8) is 0 Å². The van der Waals surface area contributed by atoms with Gasteiger partial charge in [0, 0.05) is 30.0 Å². The number of aromatic amines is 1. The van der Waals surface area contributed by atoms with Crippen LogP contribution >= 0.6 is 11.8 Å². The molecule has 2 amide bonds. The summed E-state index contributed by atoms with van der Waals surface area (Å²) < 4.78 is 0. The van der Waals surface area contributed by atoms with Crippen LogP contribution in [-0.2, 0) is 4.79 Å². The summed E-state index contributed by atoms with van der Waals surface area (Å²) in [5.74, 6) is 1.21. The van der Waals surface area contributed by atoms with E-state index < -0.39 is 0 Å². The number of rotatable bonds is 5. The first kappa shape index (κ1) is 18.1. The molecule has 0 aliphatic carbocycles. The summed E-state index contributed by atoms with van der Waals surface area (Å²) in [5, 5.41) is 6.88. The number of hydrogen-bond acceptors (Lipinski definition) is 4. The van der Waals surface area contributed by atoms with Gasteiger partial charge in [-0.3, -0.25) is 9.59 Å². The highest BCUT2D eigenvalue weighted by Crippen LogP contribution is 2.29. The van der Waals surface area contributed by atoms with Gasteiger partial charge in [-0.05, 0) is 68.2 Å². The topological polar surface area (TPSA) is 77.2 Å². The van der Waals surface area contributed by atoms with E-state index >= 15 is 0 Å². The second-order valence-electron chi connectivity index (χ2n) is 7.26. The first-order valence-corrected chi connectivity index (χ1v) is 10.2.